The molecule has 1 aromatic carbocycles. The second-order valence-corrected chi connectivity index (χ2v) is 9.64. The van der Waals surface area contributed by atoms with Gasteiger partial charge in [0.05, 0.1) is 5.52 Å². The zero-order chi connectivity index (χ0) is 22.3. The van der Waals surface area contributed by atoms with Crippen molar-refractivity contribution in [1.29, 1.82) is 0 Å². The van der Waals surface area contributed by atoms with Crippen molar-refractivity contribution in [2.45, 2.75) is 69.9 Å². The summed E-state index contributed by atoms with van der Waals surface area (Å²) >= 11 is 5.54. The molecule has 4 rings (SSSR count). The van der Waals surface area contributed by atoms with Crippen LogP contribution in [0.2, 0.25) is 0 Å². The minimum absolute atomic E-state index is 0.393. The lowest BCUT2D eigenvalue weighted by molar-refractivity contribution is 0.385. The fraction of sp³-hybridized carbons (Fsp3) is 0.560. The summed E-state index contributed by atoms with van der Waals surface area (Å²) in [6.45, 7) is 0.933. The van der Waals surface area contributed by atoms with E-state index in [0.717, 1.165) is 66.4 Å². The summed E-state index contributed by atoms with van der Waals surface area (Å²) in [6, 6.07) is 9.02. The molecular weight excluding hydrogens is 416 g/mol. The number of aromatic nitrogens is 2. The molecule has 3 N–H and O–H groups in total. The summed E-state index contributed by atoms with van der Waals surface area (Å²) < 4.78 is 0. The SMILES string of the molecule is CN(C)c1nc(N[C@H]2CC[C@@H](NC(=S)NCCC3=CCCCC3)CC2)nc2ccccc12. The van der Waals surface area contributed by atoms with Crippen LogP contribution < -0.4 is 20.9 Å². The lowest BCUT2D eigenvalue weighted by Crippen LogP contribution is -2.45. The molecule has 0 bridgehead atoms. The largest absolute Gasteiger partial charge is 0.362 e. The number of thiocarbonyl (C=S) groups is 1. The van der Waals surface area contributed by atoms with Gasteiger partial charge in [-0.1, -0.05) is 23.8 Å². The number of fused-ring (bicyclic) bond motifs is 1. The molecule has 2 aliphatic rings. The first-order valence-corrected chi connectivity index (χ1v) is 12.4. The molecule has 1 aromatic heterocycles. The van der Waals surface area contributed by atoms with Gasteiger partial charge in [-0.15, -0.1) is 0 Å². The Morgan fingerprint density at radius 1 is 1.06 bits per heavy atom. The van der Waals surface area contributed by atoms with Crippen molar-refractivity contribution in [2.24, 2.45) is 0 Å². The number of rotatable bonds is 7. The fourth-order valence-electron chi connectivity index (χ4n) is 4.73. The van der Waals surface area contributed by atoms with Gasteiger partial charge < -0.3 is 20.9 Å². The first-order valence-electron chi connectivity index (χ1n) is 12.0. The molecule has 1 saturated carbocycles. The number of nitrogens with zero attached hydrogens (tertiary/aromatic N) is 3. The number of hydrogen-bond donors (Lipinski definition) is 3. The van der Waals surface area contributed by atoms with Crippen molar-refractivity contribution < 1.29 is 0 Å². The van der Waals surface area contributed by atoms with Crippen molar-refractivity contribution >= 4 is 40.0 Å². The molecule has 0 saturated heterocycles. The van der Waals surface area contributed by atoms with Crippen molar-refractivity contribution in [2.75, 3.05) is 30.9 Å². The van der Waals surface area contributed by atoms with Gasteiger partial charge in [0, 0.05) is 38.1 Å². The smallest absolute Gasteiger partial charge is 0.225 e. The first-order chi connectivity index (χ1) is 15.6. The topological polar surface area (TPSA) is 65.1 Å². The van der Waals surface area contributed by atoms with Crippen LogP contribution in [0.4, 0.5) is 11.8 Å². The minimum Gasteiger partial charge on any atom is -0.362 e. The van der Waals surface area contributed by atoms with E-state index in [4.69, 9.17) is 22.2 Å². The highest BCUT2D eigenvalue weighted by Crippen LogP contribution is 2.26. The summed E-state index contributed by atoms with van der Waals surface area (Å²) in [6.07, 6.45) is 13.1. The Hall–Kier alpha value is -2.41. The Morgan fingerprint density at radius 2 is 1.84 bits per heavy atom. The molecule has 172 valence electrons. The van der Waals surface area contributed by atoms with Gasteiger partial charge in [0.15, 0.2) is 5.11 Å². The third-order valence-electron chi connectivity index (χ3n) is 6.52. The van der Waals surface area contributed by atoms with Crippen molar-refractivity contribution in [3.8, 4) is 0 Å². The van der Waals surface area contributed by atoms with Gasteiger partial charge in [0.25, 0.3) is 0 Å². The van der Waals surface area contributed by atoms with Crippen LogP contribution in [0.25, 0.3) is 10.9 Å². The molecule has 1 heterocycles. The van der Waals surface area contributed by atoms with Crippen molar-refractivity contribution in [3.05, 3.63) is 35.9 Å². The molecule has 0 amide bonds. The third kappa shape index (κ3) is 6.09. The van der Waals surface area contributed by atoms with E-state index in [0.29, 0.717) is 12.1 Å². The molecule has 0 radical (unpaired) electrons. The molecule has 2 aliphatic carbocycles. The lowest BCUT2D eigenvalue weighted by Gasteiger charge is -2.30. The second-order valence-electron chi connectivity index (χ2n) is 9.23. The monoisotopic (exact) mass is 452 g/mol. The second kappa shape index (κ2) is 10.9. The highest BCUT2D eigenvalue weighted by atomic mass is 32.1. The number of nitrogens with one attached hydrogen (secondary N) is 3. The molecule has 7 heteroatoms. The van der Waals surface area contributed by atoms with E-state index in [1.165, 1.54) is 25.7 Å². The van der Waals surface area contributed by atoms with Gasteiger partial charge in [-0.05, 0) is 82.1 Å². The predicted octanol–water partition coefficient (Wildman–Crippen LogP) is 4.77. The highest BCUT2D eigenvalue weighted by molar-refractivity contribution is 7.80. The number of para-hydroxylation sites is 1. The summed E-state index contributed by atoms with van der Waals surface area (Å²) in [4.78, 5) is 11.6. The van der Waals surface area contributed by atoms with Crippen molar-refractivity contribution in [1.82, 2.24) is 20.6 Å². The maximum absolute atomic E-state index is 5.54. The van der Waals surface area contributed by atoms with Crippen LogP contribution >= 0.6 is 12.2 Å². The van der Waals surface area contributed by atoms with Gasteiger partial charge in [0.1, 0.15) is 5.82 Å². The molecule has 2 aromatic rings. The highest BCUT2D eigenvalue weighted by Gasteiger charge is 2.22. The molecule has 6 nitrogen and oxygen atoms in total. The number of hydrogen-bond acceptors (Lipinski definition) is 5. The van der Waals surface area contributed by atoms with E-state index in [9.17, 15) is 0 Å². The van der Waals surface area contributed by atoms with Crippen LogP contribution in [-0.2, 0) is 0 Å². The van der Waals surface area contributed by atoms with Crippen LogP contribution in [0.15, 0.2) is 35.9 Å². The minimum atomic E-state index is 0.393. The quantitative estimate of drug-likeness (QED) is 0.413. The third-order valence-corrected chi connectivity index (χ3v) is 6.78. The Balaban J connectivity index is 1.23. The zero-order valence-corrected chi connectivity index (χ0v) is 20.2. The normalized spacial score (nSPS) is 21.0. The summed E-state index contributed by atoms with van der Waals surface area (Å²) in [5, 5.41) is 12.4. The molecular formula is C25H36N6S. The molecule has 0 unspecified atom stereocenters. The number of allylic oxidation sites excluding steroid dienone is 1. The molecule has 0 spiro atoms. The Bertz CT molecular complexity index is 949. The van der Waals surface area contributed by atoms with E-state index in [1.54, 1.807) is 5.57 Å². The molecule has 0 aliphatic heterocycles. The Labute approximate surface area is 197 Å². The average Bonchev–Trinajstić information content (AvgIpc) is 2.80. The standard InChI is InChI=1S/C25H36N6S/c1-31(2)23-21-10-6-7-11-22(21)29-24(30-23)27-19-12-14-20(15-13-19)28-25(32)26-17-16-18-8-4-3-5-9-18/h6-8,10-11,19-20H,3-5,9,12-17H2,1-2H3,(H2,26,28,32)(H,27,29,30)/t19-,20+. The Morgan fingerprint density at radius 3 is 2.59 bits per heavy atom. The Kier molecular flexibility index (Phi) is 7.79. The number of benzene rings is 1. The molecule has 32 heavy (non-hydrogen) atoms. The van der Waals surface area contributed by atoms with Gasteiger partial charge in [0.2, 0.25) is 5.95 Å². The van der Waals surface area contributed by atoms with Crippen LogP contribution in [-0.4, -0.2) is 47.8 Å². The summed E-state index contributed by atoms with van der Waals surface area (Å²) in [5.74, 6) is 1.67. The van der Waals surface area contributed by atoms with Gasteiger partial charge in [-0.2, -0.15) is 4.98 Å². The van der Waals surface area contributed by atoms with Gasteiger partial charge in [-0.25, -0.2) is 4.98 Å². The lowest BCUT2D eigenvalue weighted by atomic mass is 9.91. The first kappa shape index (κ1) is 22.8. The van der Waals surface area contributed by atoms with Crippen LogP contribution in [0, 0.1) is 0 Å². The van der Waals surface area contributed by atoms with Crippen LogP contribution in [0.5, 0.6) is 0 Å². The maximum Gasteiger partial charge on any atom is 0.225 e. The van der Waals surface area contributed by atoms with E-state index in [-0.39, 0.29) is 0 Å². The summed E-state index contributed by atoms with van der Waals surface area (Å²) in [7, 11) is 4.05. The van der Waals surface area contributed by atoms with Gasteiger partial charge in [-0.3, -0.25) is 0 Å². The molecule has 1 fully saturated rings. The van der Waals surface area contributed by atoms with E-state index < -0.39 is 0 Å². The van der Waals surface area contributed by atoms with E-state index >= 15 is 0 Å². The van der Waals surface area contributed by atoms with Gasteiger partial charge >= 0.3 is 0 Å². The predicted molar refractivity (Wildman–Crippen MR) is 138 cm³/mol. The van der Waals surface area contributed by atoms with Crippen LogP contribution in [0.1, 0.15) is 57.8 Å². The zero-order valence-electron chi connectivity index (χ0n) is 19.4. The fourth-order valence-corrected chi connectivity index (χ4v) is 5.00. The van der Waals surface area contributed by atoms with Crippen LogP contribution in [0.3, 0.4) is 0 Å². The maximum atomic E-state index is 5.54. The van der Waals surface area contributed by atoms with E-state index in [2.05, 4.69) is 39.1 Å². The average molecular weight is 453 g/mol. The summed E-state index contributed by atoms with van der Waals surface area (Å²) in [5.41, 5.74) is 2.57. The molecule has 0 atom stereocenters. The van der Waals surface area contributed by atoms with Crippen molar-refractivity contribution in [3.63, 3.8) is 0 Å². The van der Waals surface area contributed by atoms with E-state index in [1.807, 2.05) is 26.2 Å². The number of anilines is 2.